The maximum Gasteiger partial charge on any atom is 0.268 e. The molecular weight excluding hydrogens is 302 g/mol. The molecule has 5 heteroatoms. The Labute approximate surface area is 104 Å². The molecule has 80 valence electrons. The van der Waals surface area contributed by atoms with Crippen molar-refractivity contribution in [1.29, 1.82) is 0 Å². The summed E-state index contributed by atoms with van der Waals surface area (Å²) in [6, 6.07) is 3.18. The molecule has 1 aliphatic heterocycles. The highest BCUT2D eigenvalue weighted by atomic mass is 79.9. The van der Waals surface area contributed by atoms with Gasteiger partial charge in [-0.3, -0.25) is 0 Å². The van der Waals surface area contributed by atoms with Crippen LogP contribution in [0.1, 0.15) is 12.0 Å². The van der Waals surface area contributed by atoms with Gasteiger partial charge in [0.2, 0.25) is 0 Å². The van der Waals surface area contributed by atoms with Crippen molar-refractivity contribution >= 4 is 43.2 Å². The van der Waals surface area contributed by atoms with Crippen molar-refractivity contribution in [3.05, 3.63) is 33.8 Å². The van der Waals surface area contributed by atoms with Crippen LogP contribution in [0.2, 0.25) is 0 Å². The second kappa shape index (κ2) is 4.89. The number of benzene rings is 1. The molecule has 1 heterocycles. The summed E-state index contributed by atoms with van der Waals surface area (Å²) in [5.74, 6) is 0.423. The van der Waals surface area contributed by atoms with E-state index in [1.165, 1.54) is 0 Å². The number of halogens is 3. The van der Waals surface area contributed by atoms with Gasteiger partial charge in [-0.15, -0.1) is 0 Å². The van der Waals surface area contributed by atoms with Crippen molar-refractivity contribution in [2.24, 2.45) is 0 Å². The molecule has 0 aromatic heterocycles. The predicted molar refractivity (Wildman–Crippen MR) is 67.5 cm³/mol. The molecular formula is C10H8BrF2S2+. The Morgan fingerprint density at radius 2 is 2.07 bits per heavy atom. The second-order valence-corrected chi connectivity index (χ2v) is 6.38. The van der Waals surface area contributed by atoms with E-state index in [9.17, 15) is 8.78 Å². The summed E-state index contributed by atoms with van der Waals surface area (Å²) in [5.41, 5.74) is 0.394. The molecule has 1 aromatic carbocycles. The van der Waals surface area contributed by atoms with Crippen LogP contribution in [0, 0.1) is 11.6 Å². The molecule has 15 heavy (non-hydrogen) atoms. The summed E-state index contributed by atoms with van der Waals surface area (Å²) in [6.45, 7) is 0. The van der Waals surface area contributed by atoms with Gasteiger partial charge in [-0.2, -0.15) is 0 Å². The summed E-state index contributed by atoms with van der Waals surface area (Å²) in [7, 11) is 0. The van der Waals surface area contributed by atoms with Gasteiger partial charge in [0.15, 0.2) is 28.7 Å². The van der Waals surface area contributed by atoms with Gasteiger partial charge >= 0.3 is 0 Å². The van der Waals surface area contributed by atoms with Crippen molar-refractivity contribution in [1.82, 2.24) is 0 Å². The topological polar surface area (TPSA) is 0 Å². The number of thioether (sulfide) groups is 1. The van der Waals surface area contributed by atoms with Gasteiger partial charge < -0.3 is 0 Å². The average Bonchev–Trinajstić information content (AvgIpc) is 2.27. The molecule has 0 bridgehead atoms. The summed E-state index contributed by atoms with van der Waals surface area (Å²) in [5, 5.41) is 0. The van der Waals surface area contributed by atoms with Gasteiger partial charge in [0.05, 0.1) is 10.0 Å². The lowest BCUT2D eigenvalue weighted by atomic mass is 10.2. The minimum atomic E-state index is -0.799. The maximum absolute atomic E-state index is 13.6. The van der Waals surface area contributed by atoms with Crippen molar-refractivity contribution in [3.8, 4) is 0 Å². The quantitative estimate of drug-likeness (QED) is 0.435. The fraction of sp³-hybridized carbons (Fsp3) is 0.300. The molecule has 0 fully saturated rings. The SMILES string of the molecule is Fc1c(Br)ccc(C2=[S+]CCCS2)c1F. The van der Waals surface area contributed by atoms with Crippen LogP contribution in [0.5, 0.6) is 0 Å². The van der Waals surface area contributed by atoms with Crippen molar-refractivity contribution in [2.45, 2.75) is 6.42 Å². The lowest BCUT2D eigenvalue weighted by Gasteiger charge is -2.04. The molecule has 0 saturated heterocycles. The Morgan fingerprint density at radius 3 is 2.73 bits per heavy atom. The van der Waals surface area contributed by atoms with E-state index in [2.05, 4.69) is 15.9 Å². The molecule has 0 spiro atoms. The van der Waals surface area contributed by atoms with Gasteiger partial charge in [-0.05, 0) is 28.1 Å². The Morgan fingerprint density at radius 1 is 1.27 bits per heavy atom. The molecule has 0 amide bonds. The summed E-state index contributed by atoms with van der Waals surface area (Å²) < 4.78 is 28.0. The summed E-state index contributed by atoms with van der Waals surface area (Å²) in [4.78, 5) is 0. The first kappa shape index (κ1) is 11.5. The molecule has 0 radical (unpaired) electrons. The van der Waals surface area contributed by atoms with Crippen molar-refractivity contribution in [3.63, 3.8) is 0 Å². The van der Waals surface area contributed by atoms with Gasteiger partial charge in [-0.1, -0.05) is 11.8 Å². The molecule has 0 aliphatic carbocycles. The first-order chi connectivity index (χ1) is 7.20. The Hall–Kier alpha value is -0.0000000000000000833. The Bertz CT molecular complexity index is 418. The van der Waals surface area contributed by atoms with Gasteiger partial charge in [0.1, 0.15) is 0 Å². The summed E-state index contributed by atoms with van der Waals surface area (Å²) in [6.07, 6.45) is 1.12. The van der Waals surface area contributed by atoms with Crippen LogP contribution in [0.3, 0.4) is 0 Å². The molecule has 0 N–H and O–H groups in total. The second-order valence-electron chi connectivity index (χ2n) is 3.06. The fourth-order valence-corrected chi connectivity index (χ4v) is 4.17. The van der Waals surface area contributed by atoms with Crippen LogP contribution in [0.15, 0.2) is 16.6 Å². The highest BCUT2D eigenvalue weighted by Crippen LogP contribution is 2.25. The van der Waals surface area contributed by atoms with Crippen LogP contribution in [-0.4, -0.2) is 15.7 Å². The first-order valence-corrected chi connectivity index (χ1v) is 7.23. The van der Waals surface area contributed by atoms with E-state index in [0.717, 1.165) is 22.1 Å². The van der Waals surface area contributed by atoms with E-state index < -0.39 is 11.6 Å². The molecule has 0 atom stereocenters. The normalized spacial score (nSPS) is 16.3. The average molecular weight is 310 g/mol. The molecule has 0 unspecified atom stereocenters. The number of hydrogen-bond donors (Lipinski definition) is 0. The maximum atomic E-state index is 13.6. The van der Waals surface area contributed by atoms with Crippen molar-refractivity contribution in [2.75, 3.05) is 11.5 Å². The third-order valence-electron chi connectivity index (χ3n) is 2.01. The molecule has 1 aromatic rings. The highest BCUT2D eigenvalue weighted by Gasteiger charge is 2.24. The molecule has 2 rings (SSSR count). The zero-order valence-corrected chi connectivity index (χ0v) is 10.9. The van der Waals surface area contributed by atoms with Crippen LogP contribution >= 0.6 is 27.7 Å². The smallest absolute Gasteiger partial charge is 0.203 e. The standard InChI is InChI=1S/C10H8BrF2S2/c11-7-3-2-6(8(12)9(7)13)10-14-4-1-5-15-10/h2-3H,1,4-5H2/q+1. The van der Waals surface area contributed by atoms with E-state index >= 15 is 0 Å². The minimum absolute atomic E-state index is 0.176. The van der Waals surface area contributed by atoms with Gasteiger partial charge in [0.25, 0.3) is 4.20 Å². The fourth-order valence-electron chi connectivity index (χ4n) is 1.27. The third-order valence-corrected chi connectivity index (χ3v) is 5.28. The van der Waals surface area contributed by atoms with E-state index in [0.29, 0.717) is 5.56 Å². The monoisotopic (exact) mass is 309 g/mol. The number of rotatable bonds is 1. The highest BCUT2D eigenvalue weighted by molar-refractivity contribution is 9.10. The van der Waals surface area contributed by atoms with E-state index in [1.807, 2.05) is 0 Å². The zero-order valence-electron chi connectivity index (χ0n) is 7.73. The Balaban J connectivity index is 2.44. The van der Waals surface area contributed by atoms with Crippen LogP contribution in [0.25, 0.3) is 0 Å². The minimum Gasteiger partial charge on any atom is -0.203 e. The van der Waals surface area contributed by atoms with E-state index in [1.54, 1.807) is 35.2 Å². The van der Waals surface area contributed by atoms with Gasteiger partial charge in [-0.25, -0.2) is 8.78 Å². The first-order valence-electron chi connectivity index (χ1n) is 4.46. The predicted octanol–water partition coefficient (Wildman–Crippen LogP) is 3.42. The molecule has 0 nitrogen and oxygen atoms in total. The third kappa shape index (κ3) is 2.40. The Kier molecular flexibility index (Phi) is 3.74. The molecule has 1 aliphatic rings. The van der Waals surface area contributed by atoms with E-state index in [-0.39, 0.29) is 4.47 Å². The van der Waals surface area contributed by atoms with Crippen LogP contribution in [-0.2, 0) is 11.4 Å². The number of hydrogen-bond acceptors (Lipinski definition) is 1. The van der Waals surface area contributed by atoms with E-state index in [4.69, 9.17) is 0 Å². The largest absolute Gasteiger partial charge is 0.268 e. The lowest BCUT2D eigenvalue weighted by molar-refractivity contribution is 0.503. The van der Waals surface area contributed by atoms with Crippen LogP contribution < -0.4 is 0 Å². The van der Waals surface area contributed by atoms with Crippen molar-refractivity contribution < 1.29 is 8.78 Å². The zero-order chi connectivity index (χ0) is 10.8. The lowest BCUT2D eigenvalue weighted by Crippen LogP contribution is -2.10. The summed E-state index contributed by atoms with van der Waals surface area (Å²) >= 11 is 6.17. The van der Waals surface area contributed by atoms with Gasteiger partial charge in [0, 0.05) is 12.2 Å². The molecule has 0 saturated carbocycles. The van der Waals surface area contributed by atoms with Crippen LogP contribution in [0.4, 0.5) is 8.78 Å².